The summed E-state index contributed by atoms with van der Waals surface area (Å²) in [5.41, 5.74) is 12.9. The van der Waals surface area contributed by atoms with Gasteiger partial charge in [-0.05, 0) is 112 Å². The van der Waals surface area contributed by atoms with Gasteiger partial charge in [0.05, 0.1) is 0 Å². The van der Waals surface area contributed by atoms with Crippen molar-refractivity contribution in [2.24, 2.45) is 0 Å². The lowest BCUT2D eigenvalue weighted by molar-refractivity contribution is 0.464. The lowest BCUT2D eigenvalue weighted by atomic mass is 9.34. The summed E-state index contributed by atoms with van der Waals surface area (Å²) in [6, 6.07) is 72.5. The molecule has 0 atom stereocenters. The van der Waals surface area contributed by atoms with Crippen molar-refractivity contribution >= 4 is 55.4 Å². The first-order valence-electron chi connectivity index (χ1n) is 20.9. The van der Waals surface area contributed by atoms with Gasteiger partial charge in [0.2, 0.25) is 0 Å². The van der Waals surface area contributed by atoms with Gasteiger partial charge in [-0.1, -0.05) is 190 Å². The third-order valence-corrected chi connectivity index (χ3v) is 13.1. The highest BCUT2D eigenvalue weighted by Crippen LogP contribution is 2.48. The van der Waals surface area contributed by atoms with E-state index in [2.05, 4.69) is 214 Å². The third kappa shape index (κ3) is 5.22. The number of rotatable bonds is 5. The summed E-state index contributed by atoms with van der Waals surface area (Å²) < 4.78 is 13.9. The van der Waals surface area contributed by atoms with Gasteiger partial charge in [-0.3, -0.25) is 0 Å². The minimum Gasteiger partial charge on any atom is -0.458 e. The van der Waals surface area contributed by atoms with Gasteiger partial charge >= 0.3 is 0 Å². The fraction of sp³-hybridized carbons (Fsp3) is 0.0526. The highest BCUT2D eigenvalue weighted by molar-refractivity contribution is 6.98. The smallest absolute Gasteiger partial charge is 0.260 e. The van der Waals surface area contributed by atoms with Crippen molar-refractivity contribution in [3.8, 4) is 56.4 Å². The van der Waals surface area contributed by atoms with Crippen molar-refractivity contribution in [1.29, 1.82) is 0 Å². The molecule has 0 N–H and O–H groups in total. The number of hydrogen-bond acceptors (Lipinski definition) is 2. The molecular formula is C57H39BO2. The molecule has 0 saturated heterocycles. The second kappa shape index (κ2) is 13.3. The van der Waals surface area contributed by atoms with Gasteiger partial charge in [-0.15, -0.1) is 0 Å². The van der Waals surface area contributed by atoms with Crippen LogP contribution in [-0.4, -0.2) is 6.71 Å². The van der Waals surface area contributed by atoms with Crippen molar-refractivity contribution < 1.29 is 9.47 Å². The van der Waals surface area contributed by atoms with E-state index in [9.17, 15) is 0 Å². The van der Waals surface area contributed by atoms with Crippen LogP contribution in [-0.2, 0) is 5.41 Å². The molecule has 0 amide bonds. The number of fused-ring (bicyclic) bond motifs is 7. The Balaban J connectivity index is 1.07. The average Bonchev–Trinajstić information content (AvgIpc) is 3.30. The van der Waals surface area contributed by atoms with Crippen molar-refractivity contribution in [2.75, 3.05) is 0 Å². The Kier molecular flexibility index (Phi) is 7.71. The van der Waals surface area contributed by atoms with Gasteiger partial charge < -0.3 is 9.47 Å². The standard InChI is InChI=1S/C57H39BO2/c1-57(2,38-19-7-4-8-20-38)39-29-32-51-49(35-39)58-48-27-15-16-28-50(48)59-52-33-37(34-53(60-51)56(52)58)54-43-23-11-13-25-45(43)55(46-26-14-12-24-44(46)54)47-31-30-40(36-17-5-3-6-18-36)41-21-9-10-22-42(41)47/h3-35H,1-2H3. The first-order chi connectivity index (χ1) is 29.5. The van der Waals surface area contributed by atoms with E-state index in [0.717, 1.165) is 39.5 Å². The number of benzene rings is 10. The summed E-state index contributed by atoms with van der Waals surface area (Å²) in [6.45, 7) is 4.58. The van der Waals surface area contributed by atoms with Gasteiger partial charge in [0.1, 0.15) is 23.0 Å². The van der Waals surface area contributed by atoms with Crippen molar-refractivity contribution in [2.45, 2.75) is 19.3 Å². The number of para-hydroxylation sites is 1. The van der Waals surface area contributed by atoms with Gasteiger partial charge in [0.15, 0.2) is 0 Å². The minimum absolute atomic E-state index is 0.0349. The zero-order valence-corrected chi connectivity index (χ0v) is 33.4. The molecule has 0 unspecified atom stereocenters. The van der Waals surface area contributed by atoms with Crippen LogP contribution >= 0.6 is 0 Å². The maximum absolute atomic E-state index is 7.01. The lowest BCUT2D eigenvalue weighted by Crippen LogP contribution is -2.57. The molecule has 2 aliphatic heterocycles. The van der Waals surface area contributed by atoms with E-state index in [4.69, 9.17) is 9.47 Å². The van der Waals surface area contributed by atoms with E-state index >= 15 is 0 Å². The predicted octanol–water partition coefficient (Wildman–Crippen LogP) is 13.2. The summed E-state index contributed by atoms with van der Waals surface area (Å²) in [4.78, 5) is 0. The Labute approximate surface area is 350 Å². The Morgan fingerprint density at radius 2 is 0.850 bits per heavy atom. The molecule has 0 saturated carbocycles. The van der Waals surface area contributed by atoms with Gasteiger partial charge in [-0.2, -0.15) is 0 Å². The Bertz CT molecular complexity index is 3280. The van der Waals surface area contributed by atoms with E-state index in [1.807, 2.05) is 0 Å². The van der Waals surface area contributed by atoms with Crippen LogP contribution in [0.4, 0.5) is 0 Å². The van der Waals surface area contributed by atoms with E-state index in [-0.39, 0.29) is 12.1 Å². The molecule has 0 fully saturated rings. The van der Waals surface area contributed by atoms with E-state index in [1.54, 1.807) is 0 Å². The van der Waals surface area contributed by atoms with Crippen LogP contribution < -0.4 is 25.9 Å². The number of hydrogen-bond donors (Lipinski definition) is 0. The van der Waals surface area contributed by atoms with E-state index in [1.165, 1.54) is 76.7 Å². The van der Waals surface area contributed by atoms with Crippen molar-refractivity contribution in [3.63, 3.8) is 0 Å². The zero-order chi connectivity index (χ0) is 40.0. The van der Waals surface area contributed by atoms with Gasteiger partial charge in [0, 0.05) is 10.9 Å². The molecule has 2 aliphatic rings. The normalized spacial score (nSPS) is 12.7. The third-order valence-electron chi connectivity index (χ3n) is 13.1. The van der Waals surface area contributed by atoms with Crippen molar-refractivity contribution in [1.82, 2.24) is 0 Å². The summed E-state index contributed by atoms with van der Waals surface area (Å²) in [5.74, 6) is 3.44. The molecule has 0 aliphatic carbocycles. The maximum atomic E-state index is 7.01. The van der Waals surface area contributed by atoms with Gasteiger partial charge in [0.25, 0.3) is 6.71 Å². The first kappa shape index (κ1) is 34.7. The molecule has 3 heteroatoms. The summed E-state index contributed by atoms with van der Waals surface area (Å²) >= 11 is 0. The molecule has 0 bridgehead atoms. The largest absolute Gasteiger partial charge is 0.458 e. The molecule has 10 aromatic rings. The van der Waals surface area contributed by atoms with E-state index < -0.39 is 0 Å². The Morgan fingerprint density at radius 3 is 1.50 bits per heavy atom. The second-order valence-electron chi connectivity index (χ2n) is 16.7. The van der Waals surface area contributed by atoms with Crippen LogP contribution in [0.1, 0.15) is 25.0 Å². The average molecular weight is 767 g/mol. The summed E-state index contributed by atoms with van der Waals surface area (Å²) in [7, 11) is 0. The molecule has 282 valence electrons. The fourth-order valence-corrected chi connectivity index (χ4v) is 10.1. The van der Waals surface area contributed by atoms with Crippen LogP contribution in [0.5, 0.6) is 23.0 Å². The van der Waals surface area contributed by atoms with E-state index in [0.29, 0.717) is 0 Å². The van der Waals surface area contributed by atoms with Gasteiger partial charge in [-0.25, -0.2) is 0 Å². The second-order valence-corrected chi connectivity index (χ2v) is 16.7. The Hall–Kier alpha value is -7.36. The highest BCUT2D eigenvalue weighted by atomic mass is 16.5. The first-order valence-corrected chi connectivity index (χ1v) is 20.9. The molecule has 10 aromatic carbocycles. The maximum Gasteiger partial charge on any atom is 0.260 e. The van der Waals surface area contributed by atoms with Crippen LogP contribution in [0, 0.1) is 0 Å². The topological polar surface area (TPSA) is 18.5 Å². The highest BCUT2D eigenvalue weighted by Gasteiger charge is 2.41. The molecule has 0 radical (unpaired) electrons. The SMILES string of the molecule is CC(C)(c1ccccc1)c1ccc2c(c1)B1c3ccccc3Oc3cc(-c4c5ccccc5c(-c5ccc(-c6ccccc6)c6ccccc56)c5ccccc45)cc(c31)O2. The molecule has 60 heavy (non-hydrogen) atoms. The van der Waals surface area contributed by atoms with Crippen molar-refractivity contribution in [3.05, 3.63) is 211 Å². The quantitative estimate of drug-likeness (QED) is 0.128. The molecule has 2 heterocycles. The lowest BCUT2D eigenvalue weighted by Gasteiger charge is -2.35. The monoisotopic (exact) mass is 766 g/mol. The number of ether oxygens (including phenoxy) is 2. The Morgan fingerprint density at radius 1 is 0.350 bits per heavy atom. The molecular weight excluding hydrogens is 727 g/mol. The van der Waals surface area contributed by atoms with Crippen LogP contribution in [0.15, 0.2) is 200 Å². The molecule has 0 spiro atoms. The van der Waals surface area contributed by atoms with Crippen LogP contribution in [0.2, 0.25) is 0 Å². The molecule has 2 nitrogen and oxygen atoms in total. The molecule has 12 rings (SSSR count). The summed E-state index contributed by atoms with van der Waals surface area (Å²) in [5, 5.41) is 7.27. The predicted molar refractivity (Wildman–Crippen MR) is 252 cm³/mol. The fourth-order valence-electron chi connectivity index (χ4n) is 10.1. The van der Waals surface area contributed by atoms with Crippen LogP contribution in [0.25, 0.3) is 65.7 Å². The zero-order valence-electron chi connectivity index (χ0n) is 33.4. The minimum atomic E-state index is -0.196. The summed E-state index contributed by atoms with van der Waals surface area (Å²) in [6.07, 6.45) is 0. The molecule has 0 aromatic heterocycles. The van der Waals surface area contributed by atoms with Crippen LogP contribution in [0.3, 0.4) is 0 Å².